The number of nitrogens with one attached hydrogen (secondary N) is 2. The van der Waals surface area contributed by atoms with Gasteiger partial charge in [-0.2, -0.15) is 0 Å². The zero-order valence-corrected chi connectivity index (χ0v) is 17.1. The molecule has 158 valence electrons. The first-order valence-electron chi connectivity index (χ1n) is 10.5. The molecule has 2 unspecified atom stereocenters. The third-order valence-electron chi connectivity index (χ3n) is 7.40. The molecule has 2 atom stereocenters. The van der Waals surface area contributed by atoms with Crippen LogP contribution in [0.1, 0.15) is 51.8 Å². The largest absolute Gasteiger partial charge is 0.496 e. The van der Waals surface area contributed by atoms with Gasteiger partial charge in [-0.3, -0.25) is 24.7 Å². The van der Waals surface area contributed by atoms with Crippen molar-refractivity contribution in [1.82, 2.24) is 20.5 Å². The first-order chi connectivity index (χ1) is 15.0. The molecule has 7 rings (SSSR count). The number of amides is 3. The van der Waals surface area contributed by atoms with Gasteiger partial charge in [-0.1, -0.05) is 0 Å². The molecule has 2 bridgehead atoms. The number of carbonyl (C=O) groups is 3. The lowest BCUT2D eigenvalue weighted by atomic mass is 9.63. The number of hydrogen-bond acceptors (Lipinski definition) is 6. The summed E-state index contributed by atoms with van der Waals surface area (Å²) < 4.78 is 5.69. The monoisotopic (exact) mass is 418 g/mol. The minimum absolute atomic E-state index is 0.0337. The number of fused-ring (bicyclic) bond motifs is 3. The van der Waals surface area contributed by atoms with Crippen LogP contribution in [-0.2, 0) is 16.1 Å². The number of carbonyl (C=O) groups excluding carboxylic acids is 3. The number of piperidine rings is 2. The van der Waals surface area contributed by atoms with Crippen molar-refractivity contribution in [3.63, 3.8) is 0 Å². The minimum atomic E-state index is -0.906. The summed E-state index contributed by atoms with van der Waals surface area (Å²) in [7, 11) is 1.63. The SMILES string of the molecule is COc1cc2c(cc1C1NCC1c1ccncc1)C(=O)N(C13CC(C1)C(=O)NC3=O)C2. The molecule has 5 aliphatic rings. The van der Waals surface area contributed by atoms with E-state index in [2.05, 4.69) is 15.6 Å². The standard InChI is InChI=1S/C23H22N4O4/c1-31-18-6-13-11-27(23-8-14(9-23)20(28)26-22(23)30)21(29)15(13)7-16(18)19-17(10-25-19)12-2-4-24-5-3-12/h2-7,14,17,19,25H,8-11H2,1H3,(H,26,28,30). The summed E-state index contributed by atoms with van der Waals surface area (Å²) in [6, 6.07) is 7.90. The Hall–Kier alpha value is -3.26. The van der Waals surface area contributed by atoms with Crippen molar-refractivity contribution in [2.45, 2.75) is 36.9 Å². The van der Waals surface area contributed by atoms with E-state index in [0.717, 1.165) is 23.4 Å². The van der Waals surface area contributed by atoms with Crippen molar-refractivity contribution < 1.29 is 19.1 Å². The van der Waals surface area contributed by atoms with Crippen molar-refractivity contribution in [2.24, 2.45) is 5.92 Å². The Kier molecular flexibility index (Phi) is 3.80. The summed E-state index contributed by atoms with van der Waals surface area (Å²) in [5, 5.41) is 5.89. The van der Waals surface area contributed by atoms with Crippen LogP contribution in [0.4, 0.5) is 0 Å². The summed E-state index contributed by atoms with van der Waals surface area (Å²) in [4.78, 5) is 43.6. The molecule has 5 heterocycles. The normalized spacial score (nSPS) is 30.9. The first kappa shape index (κ1) is 18.5. The number of pyridine rings is 1. The van der Waals surface area contributed by atoms with Gasteiger partial charge in [0.25, 0.3) is 11.8 Å². The van der Waals surface area contributed by atoms with E-state index in [4.69, 9.17) is 4.74 Å². The molecule has 8 heteroatoms. The van der Waals surface area contributed by atoms with Gasteiger partial charge in [0, 0.05) is 54.5 Å². The number of hydrogen-bond donors (Lipinski definition) is 2. The highest BCUT2D eigenvalue weighted by Crippen LogP contribution is 2.50. The molecule has 8 nitrogen and oxygen atoms in total. The Bertz CT molecular complexity index is 1130. The number of benzene rings is 1. The average Bonchev–Trinajstić information content (AvgIpc) is 3.02. The number of imide groups is 1. The molecule has 4 fully saturated rings. The van der Waals surface area contributed by atoms with Crippen LogP contribution in [0.5, 0.6) is 5.75 Å². The molecule has 1 aromatic heterocycles. The van der Waals surface area contributed by atoms with Gasteiger partial charge in [-0.25, -0.2) is 0 Å². The number of aromatic nitrogens is 1. The molecule has 2 N–H and O–H groups in total. The van der Waals surface area contributed by atoms with Gasteiger partial charge in [0.15, 0.2) is 0 Å². The smallest absolute Gasteiger partial charge is 0.255 e. The van der Waals surface area contributed by atoms with Gasteiger partial charge in [0.2, 0.25) is 5.91 Å². The molecule has 0 spiro atoms. The summed E-state index contributed by atoms with van der Waals surface area (Å²) in [5.41, 5.74) is 2.69. The van der Waals surface area contributed by atoms with E-state index in [0.29, 0.717) is 24.9 Å². The van der Waals surface area contributed by atoms with Crippen LogP contribution in [0, 0.1) is 5.92 Å². The lowest BCUT2D eigenvalue weighted by Crippen LogP contribution is -2.73. The van der Waals surface area contributed by atoms with Crippen molar-refractivity contribution in [1.29, 1.82) is 0 Å². The van der Waals surface area contributed by atoms with Crippen LogP contribution in [-0.4, -0.2) is 46.8 Å². The fourth-order valence-corrected chi connectivity index (χ4v) is 5.52. The van der Waals surface area contributed by atoms with Crippen LogP contribution < -0.4 is 15.4 Å². The maximum atomic E-state index is 13.4. The quantitative estimate of drug-likeness (QED) is 0.726. The number of methoxy groups -OCH3 is 1. The Balaban J connectivity index is 1.34. The minimum Gasteiger partial charge on any atom is -0.496 e. The Morgan fingerprint density at radius 1 is 1.16 bits per heavy atom. The second kappa shape index (κ2) is 6.37. The molecule has 1 aromatic carbocycles. The number of ether oxygens (including phenoxy) is 1. The predicted octanol–water partition coefficient (Wildman–Crippen LogP) is 1.28. The van der Waals surface area contributed by atoms with E-state index in [1.807, 2.05) is 24.3 Å². The van der Waals surface area contributed by atoms with Crippen molar-refractivity contribution in [2.75, 3.05) is 13.7 Å². The first-order valence-corrected chi connectivity index (χ1v) is 10.5. The Morgan fingerprint density at radius 2 is 1.94 bits per heavy atom. The maximum Gasteiger partial charge on any atom is 0.255 e. The number of nitrogens with zero attached hydrogens (tertiary/aromatic N) is 2. The lowest BCUT2D eigenvalue weighted by molar-refractivity contribution is -0.160. The average molecular weight is 418 g/mol. The topological polar surface area (TPSA) is 101 Å². The molecule has 1 saturated carbocycles. The molecule has 31 heavy (non-hydrogen) atoms. The van der Waals surface area contributed by atoms with Gasteiger partial charge in [0.1, 0.15) is 11.3 Å². The summed E-state index contributed by atoms with van der Waals surface area (Å²) in [5.74, 6) is 0.0896. The van der Waals surface area contributed by atoms with Crippen molar-refractivity contribution in [3.8, 4) is 5.75 Å². The highest BCUT2D eigenvalue weighted by molar-refractivity contribution is 6.10. The fourth-order valence-electron chi connectivity index (χ4n) is 5.52. The van der Waals surface area contributed by atoms with E-state index in [1.54, 1.807) is 24.4 Å². The van der Waals surface area contributed by atoms with Gasteiger partial charge in [0.05, 0.1) is 7.11 Å². The van der Waals surface area contributed by atoms with Crippen molar-refractivity contribution in [3.05, 3.63) is 58.9 Å². The lowest BCUT2D eigenvalue weighted by Gasteiger charge is -2.53. The molecular weight excluding hydrogens is 396 g/mol. The summed E-state index contributed by atoms with van der Waals surface area (Å²) in [6.07, 6.45) is 4.40. The van der Waals surface area contributed by atoms with Crippen LogP contribution >= 0.6 is 0 Å². The molecule has 3 amide bonds. The molecule has 4 aliphatic heterocycles. The van der Waals surface area contributed by atoms with Crippen molar-refractivity contribution >= 4 is 17.7 Å². The predicted molar refractivity (Wildman–Crippen MR) is 109 cm³/mol. The third-order valence-corrected chi connectivity index (χ3v) is 7.40. The van der Waals surface area contributed by atoms with Crippen LogP contribution in [0.25, 0.3) is 0 Å². The third kappa shape index (κ3) is 2.45. The van der Waals surface area contributed by atoms with E-state index in [-0.39, 0.29) is 35.6 Å². The highest BCUT2D eigenvalue weighted by atomic mass is 16.5. The van der Waals surface area contributed by atoms with E-state index in [1.165, 1.54) is 5.56 Å². The molecule has 2 aromatic rings. The fraction of sp³-hybridized carbons (Fsp3) is 0.391. The summed E-state index contributed by atoms with van der Waals surface area (Å²) >= 11 is 0. The van der Waals surface area contributed by atoms with E-state index < -0.39 is 5.54 Å². The second-order valence-corrected chi connectivity index (χ2v) is 8.87. The molecular formula is C23H22N4O4. The Labute approximate surface area is 179 Å². The Morgan fingerprint density at radius 3 is 2.58 bits per heavy atom. The van der Waals surface area contributed by atoms with Gasteiger partial charge < -0.3 is 15.0 Å². The van der Waals surface area contributed by atoms with Crippen LogP contribution in [0.15, 0.2) is 36.7 Å². The molecule has 0 radical (unpaired) electrons. The molecule has 3 saturated heterocycles. The molecule has 1 aliphatic carbocycles. The zero-order chi connectivity index (χ0) is 21.3. The second-order valence-electron chi connectivity index (χ2n) is 8.87. The highest BCUT2D eigenvalue weighted by Gasteiger charge is 2.63. The van der Waals surface area contributed by atoms with Crippen LogP contribution in [0.3, 0.4) is 0 Å². The van der Waals surface area contributed by atoms with Gasteiger partial charge >= 0.3 is 0 Å². The van der Waals surface area contributed by atoms with Crippen LogP contribution in [0.2, 0.25) is 0 Å². The van der Waals surface area contributed by atoms with E-state index in [9.17, 15) is 14.4 Å². The van der Waals surface area contributed by atoms with Gasteiger partial charge in [-0.05, 0) is 48.2 Å². The zero-order valence-electron chi connectivity index (χ0n) is 17.1. The maximum absolute atomic E-state index is 13.4. The van der Waals surface area contributed by atoms with E-state index >= 15 is 0 Å². The summed E-state index contributed by atoms with van der Waals surface area (Å²) in [6.45, 7) is 1.19. The number of rotatable bonds is 4. The van der Waals surface area contributed by atoms with Gasteiger partial charge in [-0.15, -0.1) is 0 Å².